The lowest BCUT2D eigenvalue weighted by molar-refractivity contribution is 0.502. The molecule has 160 valence electrons. The van der Waals surface area contributed by atoms with Gasteiger partial charge in [0.15, 0.2) is 0 Å². The number of aromatic nitrogens is 8. The fraction of sp³-hybridized carbons (Fsp3) is 0.273. The van der Waals surface area contributed by atoms with Gasteiger partial charge in [0, 0.05) is 31.1 Å². The second kappa shape index (κ2) is 7.26. The minimum atomic E-state index is -0.250. The standard InChI is InChI=1S/C22H21N9O/c1-13(2)14-5-4-9-31-18(14)11-17(29-31)20-19-15(23-12-24-19)7-10-30(20)22-28-27-21(32-22)16-6-3-8-25-26-16/h3-6,8-9,11-13,20H,7,10H2,1-2H3,(H,23,24)/t20-/m1/s1. The van der Waals surface area contributed by atoms with Crippen LogP contribution in [-0.2, 0) is 6.42 Å². The summed E-state index contributed by atoms with van der Waals surface area (Å²) in [5, 5.41) is 21.4. The number of fused-ring (bicyclic) bond motifs is 2. The molecule has 1 aliphatic rings. The number of nitrogens with zero attached hydrogens (tertiary/aromatic N) is 8. The molecule has 0 bridgehead atoms. The number of nitrogens with one attached hydrogen (secondary N) is 1. The number of hydrogen-bond acceptors (Lipinski definition) is 8. The molecule has 0 spiro atoms. The molecule has 1 atom stereocenters. The Kier molecular flexibility index (Phi) is 4.23. The fourth-order valence-electron chi connectivity index (χ4n) is 4.31. The summed E-state index contributed by atoms with van der Waals surface area (Å²) in [6.07, 6.45) is 6.10. The van der Waals surface area contributed by atoms with E-state index in [0.29, 0.717) is 30.1 Å². The summed E-state index contributed by atoms with van der Waals surface area (Å²) >= 11 is 0. The van der Waals surface area contributed by atoms with E-state index < -0.39 is 0 Å². The lowest BCUT2D eigenvalue weighted by atomic mass is 9.99. The van der Waals surface area contributed by atoms with Crippen molar-refractivity contribution in [2.45, 2.75) is 32.2 Å². The summed E-state index contributed by atoms with van der Waals surface area (Å²) in [6, 6.07) is 10.0. The van der Waals surface area contributed by atoms with E-state index in [4.69, 9.17) is 9.52 Å². The largest absolute Gasteiger partial charge is 0.401 e. The van der Waals surface area contributed by atoms with Crippen LogP contribution < -0.4 is 4.90 Å². The smallest absolute Gasteiger partial charge is 0.319 e. The van der Waals surface area contributed by atoms with Crippen LogP contribution in [0.4, 0.5) is 6.01 Å². The van der Waals surface area contributed by atoms with E-state index in [-0.39, 0.29) is 6.04 Å². The van der Waals surface area contributed by atoms with Crippen molar-refractivity contribution in [3.8, 4) is 11.6 Å². The number of aromatic amines is 1. The van der Waals surface area contributed by atoms with Crippen LogP contribution in [0, 0.1) is 0 Å². The maximum atomic E-state index is 6.02. The topological polar surface area (TPSA) is 114 Å². The lowest BCUT2D eigenvalue weighted by Crippen LogP contribution is -2.36. The molecule has 1 N–H and O–H groups in total. The van der Waals surface area contributed by atoms with Crippen LogP contribution in [0.2, 0.25) is 0 Å². The average Bonchev–Trinajstić information content (AvgIpc) is 3.57. The van der Waals surface area contributed by atoms with E-state index >= 15 is 0 Å². The molecule has 0 fully saturated rings. The van der Waals surface area contributed by atoms with Gasteiger partial charge in [-0.25, -0.2) is 9.50 Å². The Balaban J connectivity index is 1.46. The van der Waals surface area contributed by atoms with Crippen molar-refractivity contribution >= 4 is 11.5 Å². The third-order valence-electron chi connectivity index (χ3n) is 5.83. The number of pyridine rings is 1. The van der Waals surface area contributed by atoms with Gasteiger partial charge in [0.05, 0.1) is 23.2 Å². The molecule has 5 aromatic heterocycles. The first-order valence-electron chi connectivity index (χ1n) is 10.6. The SMILES string of the molecule is CC(C)c1cccn2nc([C@@H]3c4nc[nH]c4CCN3c3nnc(-c4cccnn4)o3)cc12. The molecule has 0 aliphatic carbocycles. The van der Waals surface area contributed by atoms with Gasteiger partial charge in [-0.3, -0.25) is 0 Å². The van der Waals surface area contributed by atoms with Crippen LogP contribution in [0.25, 0.3) is 17.1 Å². The molecule has 0 unspecified atom stereocenters. The lowest BCUT2D eigenvalue weighted by Gasteiger charge is -2.32. The molecule has 0 radical (unpaired) electrons. The highest BCUT2D eigenvalue weighted by Crippen LogP contribution is 2.37. The summed E-state index contributed by atoms with van der Waals surface area (Å²) in [4.78, 5) is 9.95. The minimum Gasteiger partial charge on any atom is -0.401 e. The third kappa shape index (κ3) is 2.95. The van der Waals surface area contributed by atoms with E-state index in [1.807, 2.05) is 16.8 Å². The zero-order valence-electron chi connectivity index (χ0n) is 17.7. The second-order valence-corrected chi connectivity index (χ2v) is 8.13. The summed E-state index contributed by atoms with van der Waals surface area (Å²) in [6.45, 7) is 5.06. The predicted molar refractivity (Wildman–Crippen MR) is 116 cm³/mol. The van der Waals surface area contributed by atoms with Crippen molar-refractivity contribution in [3.63, 3.8) is 0 Å². The maximum Gasteiger partial charge on any atom is 0.319 e. The van der Waals surface area contributed by atoms with Gasteiger partial charge >= 0.3 is 6.01 Å². The molecular weight excluding hydrogens is 406 g/mol. The number of hydrogen-bond donors (Lipinski definition) is 1. The minimum absolute atomic E-state index is 0.250. The van der Waals surface area contributed by atoms with Crippen LogP contribution in [0.5, 0.6) is 0 Å². The molecule has 0 saturated carbocycles. The monoisotopic (exact) mass is 427 g/mol. The summed E-state index contributed by atoms with van der Waals surface area (Å²) in [7, 11) is 0. The number of anilines is 1. The molecule has 10 heteroatoms. The Bertz CT molecular complexity index is 1380. The Morgan fingerprint density at radius 1 is 1.16 bits per heavy atom. The van der Waals surface area contributed by atoms with Gasteiger partial charge in [-0.15, -0.1) is 10.2 Å². The van der Waals surface area contributed by atoms with Crippen molar-refractivity contribution in [2.24, 2.45) is 0 Å². The molecule has 0 saturated heterocycles. The predicted octanol–water partition coefficient (Wildman–Crippen LogP) is 3.17. The van der Waals surface area contributed by atoms with Gasteiger partial charge in [-0.2, -0.15) is 10.2 Å². The normalized spacial score (nSPS) is 16.1. The highest BCUT2D eigenvalue weighted by atomic mass is 16.4. The number of H-pyrrole nitrogens is 1. The van der Waals surface area contributed by atoms with E-state index in [1.165, 1.54) is 5.56 Å². The molecular formula is C22H21N9O. The first kappa shape index (κ1) is 18.7. The van der Waals surface area contributed by atoms with Gasteiger partial charge < -0.3 is 14.3 Å². The molecule has 6 rings (SSSR count). The quantitative estimate of drug-likeness (QED) is 0.465. The van der Waals surface area contributed by atoms with E-state index in [1.54, 1.807) is 24.7 Å². The van der Waals surface area contributed by atoms with Crippen molar-refractivity contribution in [2.75, 3.05) is 11.4 Å². The van der Waals surface area contributed by atoms with Crippen molar-refractivity contribution < 1.29 is 4.42 Å². The molecule has 0 aromatic carbocycles. The van der Waals surface area contributed by atoms with Crippen LogP contribution in [-0.4, -0.2) is 46.5 Å². The Hall–Kier alpha value is -4.08. The third-order valence-corrected chi connectivity index (χ3v) is 5.83. The van der Waals surface area contributed by atoms with Crippen molar-refractivity contribution in [1.29, 1.82) is 0 Å². The Morgan fingerprint density at radius 3 is 2.94 bits per heavy atom. The van der Waals surface area contributed by atoms with Crippen molar-refractivity contribution in [1.82, 2.24) is 40.0 Å². The molecule has 0 amide bonds. The first-order valence-corrected chi connectivity index (χ1v) is 10.6. The number of rotatable bonds is 4. The molecule has 6 heterocycles. The molecule has 10 nitrogen and oxygen atoms in total. The maximum absolute atomic E-state index is 6.02. The van der Waals surface area contributed by atoms with Crippen molar-refractivity contribution in [3.05, 3.63) is 71.7 Å². The van der Waals surface area contributed by atoms with Gasteiger partial charge in [0.25, 0.3) is 5.89 Å². The van der Waals surface area contributed by atoms with Crippen LogP contribution >= 0.6 is 0 Å². The summed E-state index contributed by atoms with van der Waals surface area (Å²) < 4.78 is 7.95. The van der Waals surface area contributed by atoms with Gasteiger partial charge in [0.1, 0.15) is 11.7 Å². The highest BCUT2D eigenvalue weighted by Gasteiger charge is 2.36. The Morgan fingerprint density at radius 2 is 2.09 bits per heavy atom. The first-order chi connectivity index (χ1) is 15.7. The van der Waals surface area contributed by atoms with Gasteiger partial charge in [0.2, 0.25) is 0 Å². The molecule has 5 aromatic rings. The summed E-state index contributed by atoms with van der Waals surface area (Å²) in [5.41, 5.74) is 5.77. The number of imidazole rings is 1. The highest BCUT2D eigenvalue weighted by molar-refractivity contribution is 5.59. The zero-order chi connectivity index (χ0) is 21.7. The molecule has 32 heavy (non-hydrogen) atoms. The Labute approximate surface area is 183 Å². The second-order valence-electron chi connectivity index (χ2n) is 8.13. The van der Waals surface area contributed by atoms with Crippen LogP contribution in [0.3, 0.4) is 0 Å². The van der Waals surface area contributed by atoms with Crippen LogP contribution in [0.1, 0.15) is 48.5 Å². The van der Waals surface area contributed by atoms with E-state index in [0.717, 1.165) is 29.0 Å². The van der Waals surface area contributed by atoms with Gasteiger partial charge in [-0.1, -0.05) is 25.0 Å². The summed E-state index contributed by atoms with van der Waals surface area (Å²) in [5.74, 6) is 0.717. The fourth-order valence-corrected chi connectivity index (χ4v) is 4.31. The van der Waals surface area contributed by atoms with Gasteiger partial charge in [-0.05, 0) is 35.7 Å². The average molecular weight is 427 g/mol. The van der Waals surface area contributed by atoms with E-state index in [2.05, 4.69) is 61.2 Å². The van der Waals surface area contributed by atoms with E-state index in [9.17, 15) is 0 Å². The molecule has 1 aliphatic heterocycles. The van der Waals surface area contributed by atoms with Crippen LogP contribution in [0.15, 0.2) is 53.5 Å². The zero-order valence-corrected chi connectivity index (χ0v) is 17.7.